The number of terminal acetylenes is 1. The Balaban J connectivity index is -0.000000419. The van der Waals surface area contributed by atoms with Gasteiger partial charge in [0.25, 0.3) is 0 Å². The fourth-order valence-corrected chi connectivity index (χ4v) is 6.55. The molecule has 6 heteroatoms. The molecular formula is C55H89N5S. The van der Waals surface area contributed by atoms with E-state index < -0.39 is 0 Å². The van der Waals surface area contributed by atoms with Gasteiger partial charge in [-0.25, -0.2) is 0 Å². The zero-order valence-corrected chi connectivity index (χ0v) is 43.1. The molecule has 2 atom stereocenters. The number of rotatable bonds is 16. The van der Waals surface area contributed by atoms with Gasteiger partial charge < -0.3 is 10.6 Å². The molecule has 2 aromatic carbocycles. The molecule has 0 fully saturated rings. The van der Waals surface area contributed by atoms with Crippen LogP contribution in [0.25, 0.3) is 0 Å². The maximum absolute atomic E-state index is 5.26. The van der Waals surface area contributed by atoms with Gasteiger partial charge in [-0.3, -0.25) is 4.99 Å². The largest absolute Gasteiger partial charge is 0.392 e. The predicted molar refractivity (Wildman–Crippen MR) is 284 cm³/mol. The Morgan fingerprint density at radius 2 is 1.38 bits per heavy atom. The van der Waals surface area contributed by atoms with Crippen molar-refractivity contribution in [3.8, 4) is 12.8 Å². The molecule has 0 spiro atoms. The summed E-state index contributed by atoms with van der Waals surface area (Å²) in [6, 6.07) is 15.1. The summed E-state index contributed by atoms with van der Waals surface area (Å²) >= 11 is 1.84. The lowest BCUT2D eigenvalue weighted by Crippen LogP contribution is -2.20. The summed E-state index contributed by atoms with van der Waals surface area (Å²) in [5.74, 6) is 0.558. The molecule has 0 saturated carbocycles. The lowest BCUT2D eigenvalue weighted by Gasteiger charge is -2.17. The van der Waals surface area contributed by atoms with Crippen LogP contribution in [0.2, 0.25) is 0 Å². The van der Waals surface area contributed by atoms with Gasteiger partial charge in [0.05, 0.1) is 17.5 Å². The zero-order valence-electron chi connectivity index (χ0n) is 42.3. The quantitative estimate of drug-likeness (QED) is 0.0496. The molecule has 1 heterocycles. The van der Waals surface area contributed by atoms with Crippen molar-refractivity contribution in [2.24, 2.45) is 21.1 Å². The molecule has 0 amide bonds. The number of hydrogen-bond acceptors (Lipinski definition) is 6. The van der Waals surface area contributed by atoms with Gasteiger partial charge in [0.2, 0.25) is 0 Å². The van der Waals surface area contributed by atoms with Gasteiger partial charge in [0, 0.05) is 39.3 Å². The minimum absolute atomic E-state index is 0.0918. The molecule has 0 saturated heterocycles. The second-order valence-electron chi connectivity index (χ2n) is 14.5. The third-order valence-electron chi connectivity index (χ3n) is 9.15. The number of aliphatic imine (C=N–C) groups is 1. The Hall–Kier alpha value is -4.57. The Bertz CT molecular complexity index is 1760. The molecule has 0 aliphatic rings. The maximum atomic E-state index is 5.26. The fourth-order valence-electron chi connectivity index (χ4n) is 5.48. The van der Waals surface area contributed by atoms with E-state index in [0.29, 0.717) is 5.92 Å². The lowest BCUT2D eigenvalue weighted by molar-refractivity contribution is 0.589. The fraction of sp³-hybridized carbons (Fsp3) is 0.473. The number of aryl methyl sites for hydroxylation is 5. The molecule has 2 N–H and O–H groups in total. The minimum atomic E-state index is -0.0918. The van der Waals surface area contributed by atoms with Gasteiger partial charge in [0.1, 0.15) is 0 Å². The SMILES string of the molecule is C#C.C=C(C)CC(N=C(c1ccc(C)cc1)c1c(C)sc(C)c1C)/C(C)=N/N=C(C)C.C=CC.C=CCCC(C)C(=C)NC.CC.CC.CNCCCc1cccc(C)c1C. The highest BCUT2D eigenvalue weighted by molar-refractivity contribution is 7.12. The van der Waals surface area contributed by atoms with E-state index in [1.165, 1.54) is 56.0 Å². The highest BCUT2D eigenvalue weighted by Gasteiger charge is 2.20. The highest BCUT2D eigenvalue weighted by atomic mass is 32.1. The average Bonchev–Trinajstić information content (AvgIpc) is 3.51. The molecule has 0 bridgehead atoms. The van der Waals surface area contributed by atoms with Crippen LogP contribution in [0.15, 0.2) is 107 Å². The Morgan fingerprint density at radius 3 is 1.82 bits per heavy atom. The summed E-state index contributed by atoms with van der Waals surface area (Å²) in [5.41, 5.74) is 14.3. The molecule has 5 nitrogen and oxygen atoms in total. The van der Waals surface area contributed by atoms with Crippen LogP contribution in [0.1, 0.15) is 144 Å². The maximum Gasteiger partial charge on any atom is 0.0940 e. The first kappa shape index (κ1) is 63.1. The topological polar surface area (TPSA) is 61.1 Å². The molecule has 1 aromatic heterocycles. The molecule has 0 radical (unpaired) electrons. The first-order chi connectivity index (χ1) is 29.0. The summed E-state index contributed by atoms with van der Waals surface area (Å²) < 4.78 is 0. The first-order valence-electron chi connectivity index (χ1n) is 22.0. The number of benzene rings is 2. The van der Waals surface area contributed by atoms with E-state index in [1.807, 2.05) is 93.8 Å². The Morgan fingerprint density at radius 1 is 0.820 bits per heavy atom. The van der Waals surface area contributed by atoms with Crippen molar-refractivity contribution < 1.29 is 0 Å². The summed E-state index contributed by atoms with van der Waals surface area (Å²) in [7, 11) is 3.91. The number of thiophene rings is 1. The van der Waals surface area contributed by atoms with Crippen LogP contribution in [0, 0.1) is 60.3 Å². The third kappa shape index (κ3) is 27.8. The molecule has 340 valence electrons. The standard InChI is InChI=1S/C25H33N3S.C12H19N.C9H17N.C3H6.2C2H6.C2H2/c1-15(2)14-23(19(7)28-27-16(3)4)26-25(22-12-10-17(5)11-13-22)24-18(6)20(8)29-21(24)9;1-10-6-4-7-12(11(10)2)8-5-9-13-3;1-5-6-7-8(2)9(3)10-4;1-3-2;3*1-2/h10-13,23H,1,14H2,2-9H3;4,6-7,13H,5,8-9H2,1-3H3;5,8,10H,1,3,6-7H2,2,4H3;3H,1H2,2H3;2*1-2H3;1-2H/b26-25?,28-19+;;;;;;. The van der Waals surface area contributed by atoms with Gasteiger partial charge in [-0.15, -0.1) is 43.9 Å². The van der Waals surface area contributed by atoms with Crippen molar-refractivity contribution in [3.63, 3.8) is 0 Å². The molecule has 3 rings (SSSR count). The van der Waals surface area contributed by atoms with E-state index >= 15 is 0 Å². The van der Waals surface area contributed by atoms with E-state index in [1.54, 1.807) is 6.08 Å². The van der Waals surface area contributed by atoms with Crippen LogP contribution in [-0.4, -0.2) is 43.8 Å². The molecule has 61 heavy (non-hydrogen) atoms. The van der Waals surface area contributed by atoms with E-state index in [9.17, 15) is 0 Å². The molecule has 3 aromatic rings. The van der Waals surface area contributed by atoms with Gasteiger partial charge in [-0.1, -0.05) is 107 Å². The van der Waals surface area contributed by atoms with Crippen molar-refractivity contribution in [2.75, 3.05) is 20.6 Å². The summed E-state index contributed by atoms with van der Waals surface area (Å²) in [6.07, 6.45) is 17.1. The van der Waals surface area contributed by atoms with E-state index in [4.69, 9.17) is 4.99 Å². The van der Waals surface area contributed by atoms with Crippen LogP contribution in [0.4, 0.5) is 0 Å². The summed E-state index contributed by atoms with van der Waals surface area (Å²) in [4.78, 5) is 7.90. The van der Waals surface area contributed by atoms with Crippen LogP contribution < -0.4 is 10.6 Å². The van der Waals surface area contributed by atoms with Crippen LogP contribution in [0.5, 0.6) is 0 Å². The molecule has 2 unspecified atom stereocenters. The zero-order chi connectivity index (χ0) is 48.1. The summed E-state index contributed by atoms with van der Waals surface area (Å²) in [6.45, 7) is 49.2. The van der Waals surface area contributed by atoms with E-state index in [2.05, 4.69) is 151 Å². The van der Waals surface area contributed by atoms with Crippen LogP contribution in [-0.2, 0) is 6.42 Å². The normalized spacial score (nSPS) is 11.0. The minimum Gasteiger partial charge on any atom is -0.392 e. The first-order valence-corrected chi connectivity index (χ1v) is 22.8. The molecule has 0 aliphatic carbocycles. The lowest BCUT2D eigenvalue weighted by atomic mass is 9.96. The second-order valence-corrected chi connectivity index (χ2v) is 16.0. The third-order valence-corrected chi connectivity index (χ3v) is 10.3. The monoisotopic (exact) mass is 852 g/mol. The van der Waals surface area contributed by atoms with Crippen LogP contribution >= 0.6 is 11.3 Å². The van der Waals surface area contributed by atoms with E-state index in [-0.39, 0.29) is 6.04 Å². The van der Waals surface area contributed by atoms with Crippen molar-refractivity contribution in [1.82, 2.24) is 10.6 Å². The average molecular weight is 852 g/mol. The van der Waals surface area contributed by atoms with Gasteiger partial charge in [0.15, 0.2) is 0 Å². The number of allylic oxidation sites excluding steroid dienone is 3. The van der Waals surface area contributed by atoms with Crippen molar-refractivity contribution in [2.45, 2.75) is 149 Å². The predicted octanol–water partition coefficient (Wildman–Crippen LogP) is 15.3. The van der Waals surface area contributed by atoms with Gasteiger partial charge in [-0.05, 0) is 150 Å². The van der Waals surface area contributed by atoms with E-state index in [0.717, 1.165) is 59.8 Å². The Labute approximate surface area is 381 Å². The number of hydrogen-bond donors (Lipinski definition) is 2. The van der Waals surface area contributed by atoms with Crippen molar-refractivity contribution in [3.05, 3.63) is 141 Å². The van der Waals surface area contributed by atoms with Crippen molar-refractivity contribution >= 4 is 28.5 Å². The van der Waals surface area contributed by atoms with Crippen molar-refractivity contribution in [1.29, 1.82) is 0 Å². The Kier molecular flexibility index (Phi) is 40.9. The van der Waals surface area contributed by atoms with Gasteiger partial charge >= 0.3 is 0 Å². The highest BCUT2D eigenvalue weighted by Crippen LogP contribution is 2.30. The smallest absolute Gasteiger partial charge is 0.0940 e. The number of nitrogens with one attached hydrogen (secondary N) is 2. The second kappa shape index (κ2) is 39.6. The molecular weight excluding hydrogens is 763 g/mol. The molecule has 0 aliphatic heterocycles. The van der Waals surface area contributed by atoms with Crippen LogP contribution in [0.3, 0.4) is 0 Å². The van der Waals surface area contributed by atoms with Gasteiger partial charge in [-0.2, -0.15) is 10.2 Å². The number of nitrogens with zero attached hydrogens (tertiary/aromatic N) is 3. The summed E-state index contributed by atoms with van der Waals surface area (Å²) in [5, 5.41) is 14.9.